The van der Waals surface area contributed by atoms with Crippen LogP contribution in [0.5, 0.6) is 5.75 Å². The number of allylic oxidation sites excluding steroid dienone is 3. The number of aromatic nitrogens is 1. The van der Waals surface area contributed by atoms with Crippen molar-refractivity contribution in [1.29, 1.82) is 5.41 Å². The van der Waals surface area contributed by atoms with Crippen LogP contribution in [0.2, 0.25) is 0 Å². The normalized spacial score (nSPS) is 13.3. The first-order valence-electron chi connectivity index (χ1n) is 10.8. The number of ether oxygens (including phenoxy) is 1. The number of rotatable bonds is 6. The molecule has 1 aromatic heterocycles. The van der Waals surface area contributed by atoms with E-state index in [1.165, 1.54) is 11.8 Å². The highest BCUT2D eigenvalue weighted by atomic mass is 32.1. The van der Waals surface area contributed by atoms with E-state index in [0.717, 1.165) is 38.1 Å². The summed E-state index contributed by atoms with van der Waals surface area (Å²) in [6.45, 7) is 15.1. The largest absolute Gasteiger partial charge is 0.460 e. The maximum Gasteiger partial charge on any atom is 0.188 e. The van der Waals surface area contributed by atoms with Crippen LogP contribution in [0.15, 0.2) is 66.1 Å². The molecule has 0 saturated heterocycles. The molecular formula is C27H33N3OS. The number of thiazole rings is 1. The second kappa shape index (κ2) is 9.29. The lowest BCUT2D eigenvalue weighted by Crippen LogP contribution is -2.14. The molecule has 0 atom stereocenters. The molecule has 0 amide bonds. The van der Waals surface area contributed by atoms with Gasteiger partial charge in [0, 0.05) is 11.8 Å². The molecule has 4 nitrogen and oxygen atoms in total. The number of fused-ring (bicyclic) bond motifs is 1. The minimum atomic E-state index is -0.0347. The fourth-order valence-corrected chi connectivity index (χ4v) is 4.21. The highest BCUT2D eigenvalue weighted by molar-refractivity contribution is 7.22. The summed E-state index contributed by atoms with van der Waals surface area (Å²) in [6, 6.07) is 14.6. The summed E-state index contributed by atoms with van der Waals surface area (Å²) in [5, 5.41) is 11.6. The molecule has 3 aromatic rings. The first kappa shape index (κ1) is 23.7. The average Bonchev–Trinajstić information content (AvgIpc) is 3.11. The van der Waals surface area contributed by atoms with Crippen molar-refractivity contribution in [2.45, 2.75) is 59.3 Å². The molecule has 0 bridgehead atoms. The summed E-state index contributed by atoms with van der Waals surface area (Å²) < 4.78 is 7.44. The molecule has 0 radical (unpaired) electrons. The highest BCUT2D eigenvalue weighted by Gasteiger charge is 2.19. The third-order valence-electron chi connectivity index (χ3n) is 5.19. The Morgan fingerprint density at radius 3 is 2.41 bits per heavy atom. The van der Waals surface area contributed by atoms with Crippen molar-refractivity contribution < 1.29 is 4.74 Å². The minimum absolute atomic E-state index is 0.0347. The van der Waals surface area contributed by atoms with Gasteiger partial charge in [0.25, 0.3) is 0 Å². The topological polar surface area (TPSA) is 58.0 Å². The van der Waals surface area contributed by atoms with Crippen molar-refractivity contribution >= 4 is 32.9 Å². The lowest BCUT2D eigenvalue weighted by Gasteiger charge is -2.23. The van der Waals surface area contributed by atoms with E-state index in [4.69, 9.17) is 15.1 Å². The number of nitrogens with one attached hydrogen (secondary N) is 2. The van der Waals surface area contributed by atoms with Crippen molar-refractivity contribution in [1.82, 2.24) is 4.98 Å². The summed E-state index contributed by atoms with van der Waals surface area (Å²) in [4.78, 5) is 4.81. The number of para-hydroxylation sites is 1. The monoisotopic (exact) mass is 447 g/mol. The number of nitrogens with zero attached hydrogens (tertiary/aromatic N) is 1. The van der Waals surface area contributed by atoms with Crippen molar-refractivity contribution in [3.8, 4) is 5.75 Å². The fraction of sp³-hybridized carbons (Fsp3) is 0.333. The van der Waals surface area contributed by atoms with Crippen LogP contribution in [0.25, 0.3) is 10.2 Å². The van der Waals surface area contributed by atoms with Crippen LogP contribution in [0.3, 0.4) is 0 Å². The van der Waals surface area contributed by atoms with Crippen LogP contribution < -0.4 is 10.1 Å². The summed E-state index contributed by atoms with van der Waals surface area (Å²) in [6.07, 6.45) is 4.77. The number of benzene rings is 2. The van der Waals surface area contributed by atoms with E-state index in [0.29, 0.717) is 0 Å². The molecule has 0 aliphatic heterocycles. The predicted molar refractivity (Wildman–Crippen MR) is 138 cm³/mol. The zero-order valence-electron chi connectivity index (χ0n) is 20.0. The van der Waals surface area contributed by atoms with Gasteiger partial charge in [-0.3, -0.25) is 0 Å². The molecule has 0 aliphatic carbocycles. The van der Waals surface area contributed by atoms with E-state index < -0.39 is 0 Å². The Kier molecular flexibility index (Phi) is 6.89. The molecule has 3 rings (SSSR count). The van der Waals surface area contributed by atoms with Crippen LogP contribution in [0.4, 0.5) is 5.13 Å². The molecule has 0 spiro atoms. The van der Waals surface area contributed by atoms with Crippen LogP contribution in [0, 0.1) is 5.41 Å². The second-order valence-corrected chi connectivity index (χ2v) is 11.0. The van der Waals surface area contributed by atoms with Crippen LogP contribution in [-0.4, -0.2) is 11.2 Å². The Morgan fingerprint density at radius 1 is 1.03 bits per heavy atom. The number of hydrogen-bond donors (Lipinski definition) is 2. The van der Waals surface area contributed by atoms with Crippen LogP contribution >= 0.6 is 11.3 Å². The van der Waals surface area contributed by atoms with Gasteiger partial charge in [0.15, 0.2) is 5.13 Å². The average molecular weight is 448 g/mol. The SMILES string of the molecule is C/C(Oc1ccccc1C(C)(C)C)=C(\C=C/C=N)Nc1nc2cc(C(C)(C)C)ccc2s1. The van der Waals surface area contributed by atoms with E-state index >= 15 is 0 Å². The van der Waals surface area contributed by atoms with Gasteiger partial charge in [-0.15, -0.1) is 0 Å². The molecule has 32 heavy (non-hydrogen) atoms. The molecule has 0 aliphatic rings. The quantitative estimate of drug-likeness (QED) is 0.230. The van der Waals surface area contributed by atoms with Crippen LogP contribution in [0.1, 0.15) is 59.6 Å². The molecule has 0 fully saturated rings. The Morgan fingerprint density at radius 2 is 1.75 bits per heavy atom. The maximum absolute atomic E-state index is 7.41. The summed E-state index contributed by atoms with van der Waals surface area (Å²) in [7, 11) is 0. The summed E-state index contributed by atoms with van der Waals surface area (Å²) in [5.74, 6) is 1.55. The van der Waals surface area contributed by atoms with E-state index in [2.05, 4.69) is 71.1 Å². The Balaban J connectivity index is 1.96. The Labute approximate surface area is 195 Å². The van der Waals surface area contributed by atoms with Gasteiger partial charge in [-0.25, -0.2) is 4.98 Å². The highest BCUT2D eigenvalue weighted by Crippen LogP contribution is 2.34. The van der Waals surface area contributed by atoms with Crippen molar-refractivity contribution in [2.75, 3.05) is 5.32 Å². The van der Waals surface area contributed by atoms with Gasteiger partial charge in [0.2, 0.25) is 0 Å². The standard InChI is InChI=1S/C27H33N3OS/c1-18(31-23-13-9-8-11-20(23)27(5,6)7)21(12-10-16-28)29-25-30-22-17-19(26(2,3)4)14-15-24(22)32-25/h8-17,28H,1-7H3,(H,29,30)/b12-10-,21-18-,28-16?. The molecule has 5 heteroatoms. The van der Waals surface area contributed by atoms with Gasteiger partial charge in [-0.1, -0.05) is 77.1 Å². The first-order chi connectivity index (χ1) is 15.0. The lowest BCUT2D eigenvalue weighted by molar-refractivity contribution is 0.406. The van der Waals surface area contributed by atoms with Crippen molar-refractivity contribution in [3.63, 3.8) is 0 Å². The van der Waals surface area contributed by atoms with Crippen LogP contribution in [-0.2, 0) is 10.8 Å². The van der Waals surface area contributed by atoms with E-state index in [1.54, 1.807) is 17.4 Å². The summed E-state index contributed by atoms with van der Waals surface area (Å²) >= 11 is 1.61. The van der Waals surface area contributed by atoms with Gasteiger partial charge < -0.3 is 15.5 Å². The van der Waals surface area contributed by atoms with Gasteiger partial charge >= 0.3 is 0 Å². The zero-order chi connectivity index (χ0) is 23.5. The van der Waals surface area contributed by atoms with Gasteiger partial charge in [-0.05, 0) is 53.7 Å². The predicted octanol–water partition coefficient (Wildman–Crippen LogP) is 7.82. The number of hydrogen-bond acceptors (Lipinski definition) is 5. The summed E-state index contributed by atoms with van der Waals surface area (Å²) in [5.41, 5.74) is 4.20. The van der Waals surface area contributed by atoms with Gasteiger partial charge in [-0.2, -0.15) is 0 Å². The van der Waals surface area contributed by atoms with Gasteiger partial charge in [0.05, 0.1) is 15.9 Å². The van der Waals surface area contributed by atoms with Crippen molar-refractivity contribution in [2.24, 2.45) is 0 Å². The van der Waals surface area contributed by atoms with E-state index in [1.807, 2.05) is 31.2 Å². The molecular weight excluding hydrogens is 414 g/mol. The molecule has 2 N–H and O–H groups in total. The number of anilines is 1. The fourth-order valence-electron chi connectivity index (χ4n) is 3.35. The third kappa shape index (κ3) is 5.65. The molecule has 168 valence electrons. The lowest BCUT2D eigenvalue weighted by atomic mass is 9.86. The first-order valence-corrected chi connectivity index (χ1v) is 11.6. The Hall–Kier alpha value is -2.92. The van der Waals surface area contributed by atoms with E-state index in [-0.39, 0.29) is 10.8 Å². The van der Waals surface area contributed by atoms with E-state index in [9.17, 15) is 0 Å². The Bertz CT molecular complexity index is 1170. The smallest absolute Gasteiger partial charge is 0.188 e. The molecule has 0 unspecified atom stereocenters. The molecule has 0 saturated carbocycles. The maximum atomic E-state index is 7.41. The second-order valence-electron chi connectivity index (χ2n) is 9.92. The van der Waals surface area contributed by atoms with Gasteiger partial charge in [0.1, 0.15) is 11.5 Å². The van der Waals surface area contributed by atoms with Crippen molar-refractivity contribution in [3.05, 3.63) is 77.2 Å². The third-order valence-corrected chi connectivity index (χ3v) is 6.14. The zero-order valence-corrected chi connectivity index (χ0v) is 20.9. The molecule has 2 aromatic carbocycles. The molecule has 1 heterocycles. The minimum Gasteiger partial charge on any atom is -0.460 e.